The molecule has 0 aromatic heterocycles. The summed E-state index contributed by atoms with van der Waals surface area (Å²) in [5.74, 6) is 0.781. The second kappa shape index (κ2) is 8.62. The highest BCUT2D eigenvalue weighted by Crippen LogP contribution is 2.19. The van der Waals surface area contributed by atoms with Crippen LogP contribution in [-0.4, -0.2) is 43.1 Å². The number of hydrogen-bond donors (Lipinski definition) is 0. The SMILES string of the molecule is O=C1C=CCCN1C(=O)/C=C/c1cccc(OCC2CCOCC2)c1. The molecule has 0 unspecified atom stereocenters. The van der Waals surface area contributed by atoms with Crippen molar-refractivity contribution in [3.63, 3.8) is 0 Å². The molecule has 0 spiro atoms. The number of carbonyl (C=O) groups is 2. The van der Waals surface area contributed by atoms with Gasteiger partial charge in [-0.15, -0.1) is 0 Å². The Hall–Kier alpha value is -2.40. The van der Waals surface area contributed by atoms with Crippen LogP contribution in [0, 0.1) is 5.92 Å². The first-order valence-corrected chi connectivity index (χ1v) is 8.73. The summed E-state index contributed by atoms with van der Waals surface area (Å²) in [4.78, 5) is 25.1. The van der Waals surface area contributed by atoms with Crippen molar-refractivity contribution in [2.24, 2.45) is 5.92 Å². The molecule has 0 bridgehead atoms. The minimum atomic E-state index is -0.289. The van der Waals surface area contributed by atoms with E-state index in [2.05, 4.69) is 0 Å². The summed E-state index contributed by atoms with van der Waals surface area (Å²) in [5, 5.41) is 0. The van der Waals surface area contributed by atoms with E-state index in [9.17, 15) is 9.59 Å². The van der Waals surface area contributed by atoms with E-state index in [4.69, 9.17) is 9.47 Å². The van der Waals surface area contributed by atoms with Crippen molar-refractivity contribution in [1.29, 1.82) is 0 Å². The number of rotatable bonds is 5. The quantitative estimate of drug-likeness (QED) is 0.773. The van der Waals surface area contributed by atoms with E-state index in [1.807, 2.05) is 24.3 Å². The van der Waals surface area contributed by atoms with Gasteiger partial charge in [-0.1, -0.05) is 18.2 Å². The van der Waals surface area contributed by atoms with Gasteiger partial charge < -0.3 is 9.47 Å². The molecule has 2 heterocycles. The van der Waals surface area contributed by atoms with E-state index in [0.717, 1.165) is 37.4 Å². The Morgan fingerprint density at radius 3 is 2.96 bits per heavy atom. The van der Waals surface area contributed by atoms with Gasteiger partial charge in [-0.3, -0.25) is 14.5 Å². The third-order valence-corrected chi connectivity index (χ3v) is 4.41. The minimum Gasteiger partial charge on any atom is -0.493 e. The summed E-state index contributed by atoms with van der Waals surface area (Å²) in [6.45, 7) is 2.74. The number of amides is 2. The Morgan fingerprint density at radius 2 is 2.16 bits per heavy atom. The maximum absolute atomic E-state index is 12.1. The zero-order valence-electron chi connectivity index (χ0n) is 14.2. The Bertz CT molecular complexity index is 674. The van der Waals surface area contributed by atoms with E-state index in [0.29, 0.717) is 25.5 Å². The molecule has 132 valence electrons. The van der Waals surface area contributed by atoms with Crippen molar-refractivity contribution < 1.29 is 19.1 Å². The van der Waals surface area contributed by atoms with Gasteiger partial charge in [-0.05, 0) is 55.0 Å². The van der Waals surface area contributed by atoms with Crippen LogP contribution >= 0.6 is 0 Å². The number of ether oxygens (including phenoxy) is 2. The van der Waals surface area contributed by atoms with Crippen LogP contribution in [0.1, 0.15) is 24.8 Å². The number of carbonyl (C=O) groups excluding carboxylic acids is 2. The van der Waals surface area contributed by atoms with E-state index < -0.39 is 0 Å². The van der Waals surface area contributed by atoms with Gasteiger partial charge in [0, 0.05) is 25.8 Å². The van der Waals surface area contributed by atoms with E-state index in [1.54, 1.807) is 12.2 Å². The van der Waals surface area contributed by atoms with E-state index >= 15 is 0 Å². The smallest absolute Gasteiger partial charge is 0.253 e. The molecule has 0 radical (unpaired) electrons. The fraction of sp³-hybridized carbons (Fsp3) is 0.400. The molecule has 1 aromatic rings. The molecule has 25 heavy (non-hydrogen) atoms. The van der Waals surface area contributed by atoms with Gasteiger partial charge in [0.25, 0.3) is 11.8 Å². The molecule has 1 fully saturated rings. The first kappa shape index (κ1) is 17.4. The second-order valence-corrected chi connectivity index (χ2v) is 6.29. The van der Waals surface area contributed by atoms with Gasteiger partial charge >= 0.3 is 0 Å². The maximum Gasteiger partial charge on any atom is 0.253 e. The lowest BCUT2D eigenvalue weighted by Gasteiger charge is -2.22. The molecule has 2 amide bonds. The Morgan fingerprint density at radius 1 is 1.32 bits per heavy atom. The third-order valence-electron chi connectivity index (χ3n) is 4.41. The average Bonchev–Trinajstić information content (AvgIpc) is 2.66. The average molecular weight is 341 g/mol. The van der Waals surface area contributed by atoms with Crippen LogP contribution in [0.4, 0.5) is 0 Å². The van der Waals surface area contributed by atoms with Crippen molar-refractivity contribution in [2.45, 2.75) is 19.3 Å². The Balaban J connectivity index is 1.56. The van der Waals surface area contributed by atoms with Gasteiger partial charge in [0.15, 0.2) is 0 Å². The standard InChI is InChI=1S/C20H23NO4/c22-19-6-1-2-11-21(19)20(23)8-7-16-4-3-5-18(14-16)25-15-17-9-12-24-13-10-17/h1,3-8,14,17H,2,9-13,15H2/b8-7+. The first-order chi connectivity index (χ1) is 12.2. The molecule has 1 saturated heterocycles. The number of hydrogen-bond acceptors (Lipinski definition) is 4. The molecule has 3 rings (SSSR count). The van der Waals surface area contributed by atoms with Crippen LogP contribution in [0.15, 0.2) is 42.5 Å². The van der Waals surface area contributed by atoms with Crippen molar-refractivity contribution in [1.82, 2.24) is 4.90 Å². The third kappa shape index (κ3) is 5.03. The van der Waals surface area contributed by atoms with Crippen LogP contribution in [0.5, 0.6) is 5.75 Å². The lowest BCUT2D eigenvalue weighted by Crippen LogP contribution is -2.37. The highest BCUT2D eigenvalue weighted by Gasteiger charge is 2.18. The normalized spacial score (nSPS) is 18.7. The van der Waals surface area contributed by atoms with Crippen LogP contribution in [0.3, 0.4) is 0 Å². The summed E-state index contributed by atoms with van der Waals surface area (Å²) in [7, 11) is 0. The van der Waals surface area contributed by atoms with Crippen LogP contribution in [-0.2, 0) is 14.3 Å². The first-order valence-electron chi connectivity index (χ1n) is 8.73. The molecule has 0 atom stereocenters. The molecule has 2 aliphatic rings. The second-order valence-electron chi connectivity index (χ2n) is 6.29. The van der Waals surface area contributed by atoms with Crippen molar-refractivity contribution in [2.75, 3.05) is 26.4 Å². The summed E-state index contributed by atoms with van der Waals surface area (Å²) >= 11 is 0. The Kier molecular flexibility index (Phi) is 6.01. The zero-order chi connectivity index (χ0) is 17.5. The number of nitrogens with zero attached hydrogens (tertiary/aromatic N) is 1. The monoisotopic (exact) mass is 341 g/mol. The summed E-state index contributed by atoms with van der Waals surface area (Å²) < 4.78 is 11.2. The highest BCUT2D eigenvalue weighted by molar-refractivity contribution is 6.06. The molecule has 0 saturated carbocycles. The summed E-state index contributed by atoms with van der Waals surface area (Å²) in [6, 6.07) is 7.62. The van der Waals surface area contributed by atoms with Crippen LogP contribution < -0.4 is 4.74 Å². The van der Waals surface area contributed by atoms with Crippen molar-refractivity contribution in [3.8, 4) is 5.75 Å². The Labute approximate surface area is 147 Å². The van der Waals surface area contributed by atoms with Crippen molar-refractivity contribution >= 4 is 17.9 Å². The lowest BCUT2D eigenvalue weighted by molar-refractivity contribution is -0.139. The van der Waals surface area contributed by atoms with Gasteiger partial charge in [-0.2, -0.15) is 0 Å². The predicted octanol–water partition coefficient (Wildman–Crippen LogP) is 2.82. The van der Waals surface area contributed by atoms with Gasteiger partial charge in [0.05, 0.1) is 6.61 Å². The molecular weight excluding hydrogens is 318 g/mol. The van der Waals surface area contributed by atoms with E-state index in [1.165, 1.54) is 17.1 Å². The summed E-state index contributed by atoms with van der Waals surface area (Å²) in [6.07, 6.45) is 9.17. The fourth-order valence-corrected chi connectivity index (χ4v) is 2.90. The van der Waals surface area contributed by atoms with Gasteiger partial charge in [-0.25, -0.2) is 0 Å². The topological polar surface area (TPSA) is 55.8 Å². The molecule has 0 aliphatic carbocycles. The van der Waals surface area contributed by atoms with Gasteiger partial charge in [0.2, 0.25) is 0 Å². The molecule has 1 aromatic carbocycles. The highest BCUT2D eigenvalue weighted by atomic mass is 16.5. The largest absolute Gasteiger partial charge is 0.493 e. The molecule has 5 heteroatoms. The maximum atomic E-state index is 12.1. The number of benzene rings is 1. The molecule has 5 nitrogen and oxygen atoms in total. The molecule has 0 N–H and O–H groups in total. The zero-order valence-corrected chi connectivity index (χ0v) is 14.2. The van der Waals surface area contributed by atoms with Crippen molar-refractivity contribution in [3.05, 3.63) is 48.1 Å². The van der Waals surface area contributed by atoms with Crippen LogP contribution in [0.25, 0.3) is 6.08 Å². The number of imide groups is 1. The molecule has 2 aliphatic heterocycles. The lowest BCUT2D eigenvalue weighted by atomic mass is 10.0. The van der Waals surface area contributed by atoms with E-state index in [-0.39, 0.29) is 11.8 Å². The summed E-state index contributed by atoms with van der Waals surface area (Å²) in [5.41, 5.74) is 0.873. The van der Waals surface area contributed by atoms with Crippen LogP contribution in [0.2, 0.25) is 0 Å². The van der Waals surface area contributed by atoms with Gasteiger partial charge in [0.1, 0.15) is 5.75 Å². The fourth-order valence-electron chi connectivity index (χ4n) is 2.90. The minimum absolute atomic E-state index is 0.255. The molecular formula is C20H23NO4. The predicted molar refractivity (Wildman–Crippen MR) is 95.0 cm³/mol.